The smallest absolute Gasteiger partial charge is 0.255 e. The third-order valence-corrected chi connectivity index (χ3v) is 7.17. The Morgan fingerprint density at radius 2 is 1.79 bits per heavy atom. The highest BCUT2D eigenvalue weighted by Gasteiger charge is 2.24. The molecule has 3 rings (SSSR count). The number of benzene rings is 2. The maximum atomic E-state index is 12.6. The van der Waals surface area contributed by atoms with Crippen molar-refractivity contribution in [2.45, 2.75) is 17.6 Å². The minimum Gasteiger partial charge on any atom is -0.379 e. The van der Waals surface area contributed by atoms with Gasteiger partial charge in [-0.05, 0) is 35.6 Å². The fraction of sp³-hybridized carbons (Fsp3) is 0.350. The Hall–Kier alpha value is -1.87. The number of para-hydroxylation sites is 1. The lowest BCUT2D eigenvalue weighted by Gasteiger charge is -2.26. The largest absolute Gasteiger partial charge is 0.379 e. The quantitative estimate of drug-likeness (QED) is 0.696. The number of nitrogens with one attached hydrogen (secondary N) is 1. The predicted molar refractivity (Wildman–Crippen MR) is 112 cm³/mol. The predicted octanol–water partition coefficient (Wildman–Crippen LogP) is 3.21. The first kappa shape index (κ1) is 20.9. The summed E-state index contributed by atoms with van der Waals surface area (Å²) >= 11 is 1.67. The van der Waals surface area contributed by atoms with Gasteiger partial charge in [0.15, 0.2) is 0 Å². The molecule has 1 aliphatic heterocycles. The van der Waals surface area contributed by atoms with Crippen molar-refractivity contribution < 1.29 is 17.9 Å². The molecule has 0 aliphatic carbocycles. The minimum atomic E-state index is -3.38. The van der Waals surface area contributed by atoms with E-state index < -0.39 is 10.0 Å². The van der Waals surface area contributed by atoms with Crippen LogP contribution in [0.15, 0.2) is 53.4 Å². The zero-order valence-corrected chi connectivity index (χ0v) is 17.4. The van der Waals surface area contributed by atoms with E-state index >= 15 is 0 Å². The summed E-state index contributed by atoms with van der Waals surface area (Å²) in [6.07, 6.45) is 0. The van der Waals surface area contributed by atoms with Crippen molar-refractivity contribution in [3.05, 3.63) is 59.7 Å². The Bertz CT molecular complexity index is 908. The van der Waals surface area contributed by atoms with Gasteiger partial charge in [-0.3, -0.25) is 4.79 Å². The van der Waals surface area contributed by atoms with Crippen LogP contribution in [0.5, 0.6) is 0 Å². The molecule has 0 bridgehead atoms. The third-order valence-electron chi connectivity index (χ3n) is 4.36. The van der Waals surface area contributed by atoms with E-state index in [9.17, 15) is 13.2 Å². The molecular weight excluding hydrogens is 396 g/mol. The molecule has 0 unspecified atom stereocenters. The Labute approximate surface area is 170 Å². The van der Waals surface area contributed by atoms with Crippen molar-refractivity contribution in [1.82, 2.24) is 4.31 Å². The molecule has 28 heavy (non-hydrogen) atoms. The Morgan fingerprint density at radius 1 is 1.11 bits per heavy atom. The fourth-order valence-corrected chi connectivity index (χ4v) is 5.19. The van der Waals surface area contributed by atoms with Crippen molar-refractivity contribution in [2.24, 2.45) is 0 Å². The summed E-state index contributed by atoms with van der Waals surface area (Å²) in [6, 6.07) is 14.4. The molecule has 0 radical (unpaired) electrons. The molecule has 2 aromatic carbocycles. The lowest BCUT2D eigenvalue weighted by atomic mass is 10.1. The summed E-state index contributed by atoms with van der Waals surface area (Å²) in [7, 11) is -3.38. The van der Waals surface area contributed by atoms with E-state index in [2.05, 4.69) is 12.2 Å². The first-order valence-corrected chi connectivity index (χ1v) is 11.8. The van der Waals surface area contributed by atoms with Gasteiger partial charge in [0.05, 0.1) is 24.7 Å². The number of hydrogen-bond donors (Lipinski definition) is 1. The van der Waals surface area contributed by atoms with Crippen LogP contribution in [0, 0.1) is 0 Å². The first-order chi connectivity index (χ1) is 13.5. The van der Waals surface area contributed by atoms with Crippen LogP contribution in [-0.2, 0) is 20.5 Å². The number of thioether (sulfide) groups is 1. The van der Waals surface area contributed by atoms with E-state index in [4.69, 9.17) is 4.74 Å². The van der Waals surface area contributed by atoms with Gasteiger partial charge in [0.25, 0.3) is 5.91 Å². The number of rotatable bonds is 7. The highest BCUT2D eigenvalue weighted by molar-refractivity contribution is 7.99. The summed E-state index contributed by atoms with van der Waals surface area (Å²) < 4.78 is 31.7. The summed E-state index contributed by atoms with van der Waals surface area (Å²) in [4.78, 5) is 13.6. The van der Waals surface area contributed by atoms with E-state index in [1.54, 1.807) is 36.0 Å². The summed E-state index contributed by atoms with van der Waals surface area (Å²) in [6.45, 7) is 3.69. The van der Waals surface area contributed by atoms with Crippen molar-refractivity contribution in [1.29, 1.82) is 0 Å². The van der Waals surface area contributed by atoms with Gasteiger partial charge < -0.3 is 10.1 Å². The first-order valence-electron chi connectivity index (χ1n) is 9.17. The molecule has 150 valence electrons. The van der Waals surface area contributed by atoms with E-state index in [1.807, 2.05) is 24.3 Å². The fourth-order valence-electron chi connectivity index (χ4n) is 2.92. The molecule has 2 aromatic rings. The van der Waals surface area contributed by atoms with Crippen molar-refractivity contribution in [2.75, 3.05) is 37.4 Å². The topological polar surface area (TPSA) is 75.7 Å². The number of ether oxygens (including phenoxy) is 1. The van der Waals surface area contributed by atoms with E-state index in [-0.39, 0.29) is 11.7 Å². The number of hydrogen-bond acceptors (Lipinski definition) is 5. The molecule has 0 saturated carbocycles. The van der Waals surface area contributed by atoms with E-state index in [1.165, 1.54) is 4.31 Å². The molecular formula is C20H24N2O4S2. The van der Waals surface area contributed by atoms with Crippen LogP contribution >= 0.6 is 11.8 Å². The molecule has 1 aliphatic rings. The Morgan fingerprint density at radius 3 is 2.46 bits per heavy atom. The molecule has 0 aromatic heterocycles. The number of amides is 1. The second-order valence-electron chi connectivity index (χ2n) is 6.35. The second kappa shape index (κ2) is 9.56. The van der Waals surface area contributed by atoms with Gasteiger partial charge in [-0.1, -0.05) is 31.2 Å². The van der Waals surface area contributed by atoms with Crippen LogP contribution in [-0.4, -0.2) is 50.7 Å². The molecule has 1 saturated heterocycles. The molecule has 8 heteroatoms. The summed E-state index contributed by atoms with van der Waals surface area (Å²) in [5, 5.41) is 2.93. The summed E-state index contributed by atoms with van der Waals surface area (Å²) in [5.41, 5.74) is 1.92. The van der Waals surface area contributed by atoms with Crippen LogP contribution in [0.25, 0.3) is 0 Å². The van der Waals surface area contributed by atoms with Gasteiger partial charge in [-0.2, -0.15) is 4.31 Å². The highest BCUT2D eigenvalue weighted by Crippen LogP contribution is 2.27. The number of anilines is 1. The Kier molecular flexibility index (Phi) is 7.12. The van der Waals surface area contributed by atoms with Gasteiger partial charge in [-0.25, -0.2) is 8.42 Å². The Balaban J connectivity index is 1.66. The molecule has 1 amide bonds. The lowest BCUT2D eigenvalue weighted by Crippen LogP contribution is -2.41. The number of carbonyl (C=O) groups is 1. The molecule has 1 heterocycles. The average Bonchev–Trinajstić information content (AvgIpc) is 2.70. The van der Waals surface area contributed by atoms with Crippen LogP contribution in [0.4, 0.5) is 5.69 Å². The maximum absolute atomic E-state index is 12.6. The van der Waals surface area contributed by atoms with Gasteiger partial charge in [0.2, 0.25) is 10.0 Å². The van der Waals surface area contributed by atoms with Gasteiger partial charge in [0.1, 0.15) is 0 Å². The number of morpholine rings is 1. The number of sulfonamides is 1. The van der Waals surface area contributed by atoms with Crippen molar-refractivity contribution >= 4 is 33.4 Å². The zero-order chi connectivity index (χ0) is 20.0. The van der Waals surface area contributed by atoms with Crippen LogP contribution in [0.2, 0.25) is 0 Å². The van der Waals surface area contributed by atoms with Crippen LogP contribution in [0.3, 0.4) is 0 Å². The standard InChI is InChI=1S/C20H24N2O4S2/c1-2-27-19-6-4-3-5-18(19)21-20(23)17-9-7-16(8-10-17)15-28(24,25)22-11-13-26-14-12-22/h3-10H,2,11-15H2,1H3,(H,21,23). The molecule has 1 fully saturated rings. The lowest BCUT2D eigenvalue weighted by molar-refractivity contribution is 0.0729. The van der Waals surface area contributed by atoms with Crippen molar-refractivity contribution in [3.8, 4) is 0 Å². The number of nitrogens with zero attached hydrogens (tertiary/aromatic N) is 1. The zero-order valence-electron chi connectivity index (χ0n) is 15.8. The molecule has 0 atom stereocenters. The van der Waals surface area contributed by atoms with Crippen LogP contribution < -0.4 is 5.32 Å². The van der Waals surface area contributed by atoms with Gasteiger partial charge in [0, 0.05) is 23.5 Å². The normalized spacial score (nSPS) is 15.3. The van der Waals surface area contributed by atoms with E-state index in [0.29, 0.717) is 37.4 Å². The third kappa shape index (κ3) is 5.35. The van der Waals surface area contributed by atoms with Crippen LogP contribution in [0.1, 0.15) is 22.8 Å². The second-order valence-corrected chi connectivity index (χ2v) is 9.62. The summed E-state index contributed by atoms with van der Waals surface area (Å²) in [5.74, 6) is 0.621. The van der Waals surface area contributed by atoms with E-state index in [0.717, 1.165) is 16.3 Å². The maximum Gasteiger partial charge on any atom is 0.255 e. The minimum absolute atomic E-state index is 0.0785. The molecule has 0 spiro atoms. The monoisotopic (exact) mass is 420 g/mol. The number of carbonyl (C=O) groups excluding carboxylic acids is 1. The van der Waals surface area contributed by atoms with Gasteiger partial charge in [-0.15, -0.1) is 11.8 Å². The highest BCUT2D eigenvalue weighted by atomic mass is 32.2. The van der Waals surface area contributed by atoms with Gasteiger partial charge >= 0.3 is 0 Å². The SMILES string of the molecule is CCSc1ccccc1NC(=O)c1ccc(CS(=O)(=O)N2CCOCC2)cc1. The average molecular weight is 421 g/mol. The van der Waals surface area contributed by atoms with Crippen molar-refractivity contribution in [3.63, 3.8) is 0 Å². The molecule has 1 N–H and O–H groups in total. The molecule has 6 nitrogen and oxygen atoms in total.